The predicted octanol–water partition coefficient (Wildman–Crippen LogP) is 3.68. The summed E-state index contributed by atoms with van der Waals surface area (Å²) < 4.78 is 0. The fourth-order valence-electron chi connectivity index (χ4n) is 2.34. The minimum atomic E-state index is 0.391. The quantitative estimate of drug-likeness (QED) is 0.574. The van der Waals surface area contributed by atoms with E-state index >= 15 is 0 Å². The van der Waals surface area contributed by atoms with Crippen LogP contribution < -0.4 is 11.5 Å². The Morgan fingerprint density at radius 3 is 1.35 bits per heavy atom. The average molecular weight is 242 g/mol. The van der Waals surface area contributed by atoms with E-state index in [1.165, 1.54) is 32.1 Å². The smallest absolute Gasteiger partial charge is 0.00619 e. The lowest BCUT2D eigenvalue weighted by Gasteiger charge is -2.19. The zero-order valence-electron chi connectivity index (χ0n) is 12.4. The van der Waals surface area contributed by atoms with Gasteiger partial charge in [0.05, 0.1) is 0 Å². The minimum absolute atomic E-state index is 0.391. The molecule has 4 unspecified atom stereocenters. The summed E-state index contributed by atoms with van der Waals surface area (Å²) in [5.74, 6) is 1.35. The highest BCUT2D eigenvalue weighted by molar-refractivity contribution is 4.69. The molecule has 4 atom stereocenters. The van der Waals surface area contributed by atoms with Crippen LogP contribution in [0.2, 0.25) is 0 Å². The molecule has 0 rings (SSSR count). The summed E-state index contributed by atoms with van der Waals surface area (Å²) in [7, 11) is 0. The maximum atomic E-state index is 6.02. The van der Waals surface area contributed by atoms with Gasteiger partial charge in [-0.3, -0.25) is 0 Å². The van der Waals surface area contributed by atoms with Crippen LogP contribution in [0.5, 0.6) is 0 Å². The predicted molar refractivity (Wildman–Crippen MR) is 77.9 cm³/mol. The van der Waals surface area contributed by atoms with Crippen molar-refractivity contribution in [3.05, 3.63) is 0 Å². The van der Waals surface area contributed by atoms with Crippen molar-refractivity contribution in [3.8, 4) is 0 Å². The van der Waals surface area contributed by atoms with E-state index in [1.54, 1.807) is 0 Å². The molecule has 0 aliphatic carbocycles. The average Bonchev–Trinajstić information content (AvgIpc) is 2.35. The van der Waals surface area contributed by atoms with Crippen molar-refractivity contribution in [2.75, 3.05) is 0 Å². The van der Waals surface area contributed by atoms with Crippen molar-refractivity contribution in [2.45, 2.75) is 84.7 Å². The highest BCUT2D eigenvalue weighted by Gasteiger charge is 2.11. The van der Waals surface area contributed by atoms with Crippen molar-refractivity contribution in [3.63, 3.8) is 0 Å². The van der Waals surface area contributed by atoms with Crippen molar-refractivity contribution in [1.29, 1.82) is 0 Å². The Morgan fingerprint density at radius 1 is 0.706 bits per heavy atom. The first-order chi connectivity index (χ1) is 8.02. The van der Waals surface area contributed by atoms with Crippen LogP contribution >= 0.6 is 0 Å². The zero-order valence-corrected chi connectivity index (χ0v) is 12.4. The molecule has 4 N–H and O–H groups in total. The highest BCUT2D eigenvalue weighted by atomic mass is 14.6. The van der Waals surface area contributed by atoms with Gasteiger partial charge in [-0.1, -0.05) is 47.0 Å². The number of hydrogen-bond acceptors (Lipinski definition) is 2. The Kier molecular flexibility index (Phi) is 9.85. The van der Waals surface area contributed by atoms with Crippen molar-refractivity contribution in [2.24, 2.45) is 23.3 Å². The van der Waals surface area contributed by atoms with Crippen LogP contribution in [0, 0.1) is 11.8 Å². The molecular formula is C15H34N2. The lowest BCUT2D eigenvalue weighted by Crippen LogP contribution is -2.27. The number of hydrogen-bond donors (Lipinski definition) is 2. The molecule has 0 bridgehead atoms. The van der Waals surface area contributed by atoms with Gasteiger partial charge in [0.2, 0.25) is 0 Å². The van der Waals surface area contributed by atoms with Crippen LogP contribution in [-0.4, -0.2) is 12.1 Å². The van der Waals surface area contributed by atoms with Crippen LogP contribution in [0.1, 0.15) is 72.6 Å². The summed E-state index contributed by atoms with van der Waals surface area (Å²) in [6, 6.07) is 0.782. The molecule has 0 amide bonds. The van der Waals surface area contributed by atoms with Gasteiger partial charge in [-0.05, 0) is 37.5 Å². The van der Waals surface area contributed by atoms with Crippen LogP contribution in [0.3, 0.4) is 0 Å². The van der Waals surface area contributed by atoms with E-state index in [0.29, 0.717) is 23.9 Å². The lowest BCUT2D eigenvalue weighted by molar-refractivity contribution is 0.374. The fraction of sp³-hybridized carbons (Fsp3) is 1.00. The normalized spacial score (nSPS) is 18.7. The Hall–Kier alpha value is -0.0800. The van der Waals surface area contributed by atoms with Gasteiger partial charge in [0.1, 0.15) is 0 Å². The molecule has 0 fully saturated rings. The number of unbranched alkanes of at least 4 members (excludes halogenated alkanes) is 2. The highest BCUT2D eigenvalue weighted by Crippen LogP contribution is 2.17. The molecule has 2 heteroatoms. The number of rotatable bonds is 10. The van der Waals surface area contributed by atoms with Crippen molar-refractivity contribution in [1.82, 2.24) is 0 Å². The summed E-state index contributed by atoms with van der Waals surface area (Å²) in [6.07, 6.45) is 8.74. The molecule has 0 radical (unpaired) electrons. The summed E-state index contributed by atoms with van der Waals surface area (Å²) in [5, 5.41) is 0. The summed E-state index contributed by atoms with van der Waals surface area (Å²) in [5.41, 5.74) is 12.0. The molecule has 0 heterocycles. The molecule has 0 aromatic carbocycles. The monoisotopic (exact) mass is 242 g/mol. The molecule has 104 valence electrons. The van der Waals surface area contributed by atoms with Gasteiger partial charge in [-0.25, -0.2) is 0 Å². The standard InChI is InChI=1S/C15H34N2/c1-5-14(16)12(3)10-8-7-9-11-13(4)15(17)6-2/h12-15H,5-11,16-17H2,1-4H3. The van der Waals surface area contributed by atoms with Crippen LogP contribution in [-0.2, 0) is 0 Å². The van der Waals surface area contributed by atoms with E-state index < -0.39 is 0 Å². The van der Waals surface area contributed by atoms with Gasteiger partial charge >= 0.3 is 0 Å². The Morgan fingerprint density at radius 2 is 1.06 bits per heavy atom. The molecule has 0 aliphatic rings. The van der Waals surface area contributed by atoms with Crippen LogP contribution in [0.4, 0.5) is 0 Å². The molecule has 0 aromatic heterocycles. The van der Waals surface area contributed by atoms with Crippen LogP contribution in [0.15, 0.2) is 0 Å². The van der Waals surface area contributed by atoms with E-state index in [4.69, 9.17) is 11.5 Å². The molecule has 0 aliphatic heterocycles. The Labute approximate surface area is 109 Å². The van der Waals surface area contributed by atoms with Gasteiger partial charge < -0.3 is 11.5 Å². The van der Waals surface area contributed by atoms with E-state index in [2.05, 4.69) is 27.7 Å². The Bertz CT molecular complexity index is 152. The molecule has 0 saturated heterocycles. The van der Waals surface area contributed by atoms with E-state index in [0.717, 1.165) is 12.8 Å². The van der Waals surface area contributed by atoms with E-state index in [1.807, 2.05) is 0 Å². The first-order valence-electron chi connectivity index (χ1n) is 7.54. The molecular weight excluding hydrogens is 208 g/mol. The summed E-state index contributed by atoms with van der Waals surface area (Å²) in [4.78, 5) is 0. The number of nitrogens with two attached hydrogens (primary N) is 2. The molecule has 2 nitrogen and oxygen atoms in total. The van der Waals surface area contributed by atoms with Gasteiger partial charge in [-0.15, -0.1) is 0 Å². The van der Waals surface area contributed by atoms with E-state index in [9.17, 15) is 0 Å². The third kappa shape index (κ3) is 7.77. The SMILES string of the molecule is CCC(N)C(C)CCCCCC(C)C(N)CC. The third-order valence-electron chi connectivity index (χ3n) is 4.22. The zero-order chi connectivity index (χ0) is 13.3. The van der Waals surface area contributed by atoms with Gasteiger partial charge in [0.25, 0.3) is 0 Å². The second kappa shape index (κ2) is 9.90. The van der Waals surface area contributed by atoms with Crippen LogP contribution in [0.25, 0.3) is 0 Å². The Balaban J connectivity index is 3.46. The van der Waals surface area contributed by atoms with Crippen molar-refractivity contribution < 1.29 is 0 Å². The van der Waals surface area contributed by atoms with Gasteiger partial charge in [0, 0.05) is 12.1 Å². The topological polar surface area (TPSA) is 52.0 Å². The largest absolute Gasteiger partial charge is 0.327 e. The second-order valence-electron chi connectivity index (χ2n) is 5.74. The minimum Gasteiger partial charge on any atom is -0.327 e. The van der Waals surface area contributed by atoms with Gasteiger partial charge in [-0.2, -0.15) is 0 Å². The molecule has 0 spiro atoms. The first-order valence-corrected chi connectivity index (χ1v) is 7.54. The summed E-state index contributed by atoms with van der Waals surface area (Å²) in [6.45, 7) is 8.91. The maximum absolute atomic E-state index is 6.02. The third-order valence-corrected chi connectivity index (χ3v) is 4.22. The molecule has 0 aromatic rings. The first kappa shape index (κ1) is 16.9. The van der Waals surface area contributed by atoms with E-state index in [-0.39, 0.29) is 0 Å². The maximum Gasteiger partial charge on any atom is 0.00619 e. The molecule has 0 saturated carbocycles. The second-order valence-corrected chi connectivity index (χ2v) is 5.74. The van der Waals surface area contributed by atoms with Gasteiger partial charge in [0.15, 0.2) is 0 Å². The lowest BCUT2D eigenvalue weighted by atomic mass is 9.91. The summed E-state index contributed by atoms with van der Waals surface area (Å²) >= 11 is 0. The fourth-order valence-corrected chi connectivity index (χ4v) is 2.34. The van der Waals surface area contributed by atoms with Crippen molar-refractivity contribution >= 4 is 0 Å². The molecule has 17 heavy (non-hydrogen) atoms.